The van der Waals surface area contributed by atoms with Crippen LogP contribution in [0.25, 0.3) is 0 Å². The SMILES string of the molecule is N#CCCN(C(=O)COC(=O)C1(c2ccc(Cl)cc2)CC1)c1cccc(Cl)c1. The zero-order valence-electron chi connectivity index (χ0n) is 15.0. The zero-order valence-corrected chi connectivity index (χ0v) is 16.5. The lowest BCUT2D eigenvalue weighted by molar-refractivity contribution is -0.150. The smallest absolute Gasteiger partial charge is 0.317 e. The third kappa shape index (κ3) is 4.46. The summed E-state index contributed by atoms with van der Waals surface area (Å²) in [5.41, 5.74) is 0.700. The molecule has 0 saturated heterocycles. The second kappa shape index (κ2) is 8.64. The Balaban J connectivity index is 1.68. The molecule has 0 bridgehead atoms. The first-order valence-electron chi connectivity index (χ1n) is 8.82. The van der Waals surface area contributed by atoms with E-state index < -0.39 is 23.9 Å². The highest BCUT2D eigenvalue weighted by Gasteiger charge is 2.52. The van der Waals surface area contributed by atoms with Crippen LogP contribution in [0.15, 0.2) is 48.5 Å². The molecule has 0 unspecified atom stereocenters. The number of anilines is 1. The summed E-state index contributed by atoms with van der Waals surface area (Å²) in [4.78, 5) is 26.7. The highest BCUT2D eigenvalue weighted by atomic mass is 35.5. The van der Waals surface area contributed by atoms with Crippen LogP contribution in [0.1, 0.15) is 24.8 Å². The minimum absolute atomic E-state index is 0.154. The molecule has 0 aromatic heterocycles. The van der Waals surface area contributed by atoms with Gasteiger partial charge in [0.1, 0.15) is 0 Å². The standard InChI is InChI=1S/C21H18Cl2N2O3/c22-16-7-5-15(6-8-16)21(9-10-21)20(27)28-14-19(26)25(12-2-11-24)18-4-1-3-17(23)13-18/h1,3-8,13H,2,9-10,12,14H2. The molecule has 5 nitrogen and oxygen atoms in total. The summed E-state index contributed by atoms with van der Waals surface area (Å²) in [6, 6.07) is 15.9. The number of carbonyl (C=O) groups excluding carboxylic acids is 2. The second-order valence-electron chi connectivity index (χ2n) is 6.60. The van der Waals surface area contributed by atoms with E-state index in [4.69, 9.17) is 33.2 Å². The van der Waals surface area contributed by atoms with Crippen LogP contribution in [0, 0.1) is 11.3 Å². The normalized spacial score (nSPS) is 14.0. The number of nitrogens with zero attached hydrogens (tertiary/aromatic N) is 2. The Labute approximate surface area is 173 Å². The summed E-state index contributed by atoms with van der Waals surface area (Å²) in [7, 11) is 0. The maximum absolute atomic E-state index is 12.7. The van der Waals surface area contributed by atoms with E-state index in [0.29, 0.717) is 28.6 Å². The fourth-order valence-corrected chi connectivity index (χ4v) is 3.36. The first kappa shape index (κ1) is 20.2. The Kier molecular flexibility index (Phi) is 6.23. The fourth-order valence-electron chi connectivity index (χ4n) is 3.05. The van der Waals surface area contributed by atoms with Crippen molar-refractivity contribution in [3.63, 3.8) is 0 Å². The van der Waals surface area contributed by atoms with E-state index in [1.165, 1.54) is 4.90 Å². The van der Waals surface area contributed by atoms with E-state index in [1.54, 1.807) is 36.4 Å². The number of rotatable bonds is 7. The molecule has 1 fully saturated rings. The van der Waals surface area contributed by atoms with Gasteiger partial charge in [0.15, 0.2) is 6.61 Å². The van der Waals surface area contributed by atoms with Crippen LogP contribution in [0.3, 0.4) is 0 Å². The van der Waals surface area contributed by atoms with Crippen molar-refractivity contribution in [3.05, 3.63) is 64.1 Å². The molecule has 1 saturated carbocycles. The van der Waals surface area contributed by atoms with Crippen LogP contribution in [0.2, 0.25) is 10.0 Å². The van der Waals surface area contributed by atoms with Gasteiger partial charge in [0.2, 0.25) is 0 Å². The molecule has 28 heavy (non-hydrogen) atoms. The maximum atomic E-state index is 12.7. The number of carbonyl (C=O) groups is 2. The summed E-state index contributed by atoms with van der Waals surface area (Å²) < 4.78 is 5.35. The van der Waals surface area contributed by atoms with Gasteiger partial charge in [0.25, 0.3) is 5.91 Å². The van der Waals surface area contributed by atoms with E-state index in [2.05, 4.69) is 0 Å². The summed E-state index contributed by atoms with van der Waals surface area (Å²) in [6.45, 7) is -0.207. The molecule has 0 aliphatic heterocycles. The van der Waals surface area contributed by atoms with Crippen LogP contribution in [-0.4, -0.2) is 25.0 Å². The van der Waals surface area contributed by atoms with E-state index in [9.17, 15) is 9.59 Å². The van der Waals surface area contributed by atoms with Gasteiger partial charge in [-0.2, -0.15) is 5.26 Å². The van der Waals surface area contributed by atoms with Crippen molar-refractivity contribution in [1.29, 1.82) is 5.26 Å². The van der Waals surface area contributed by atoms with Gasteiger partial charge < -0.3 is 9.64 Å². The van der Waals surface area contributed by atoms with Crippen molar-refractivity contribution in [2.75, 3.05) is 18.1 Å². The van der Waals surface area contributed by atoms with E-state index in [1.807, 2.05) is 18.2 Å². The highest BCUT2D eigenvalue weighted by Crippen LogP contribution is 2.49. The van der Waals surface area contributed by atoms with Gasteiger partial charge in [-0.15, -0.1) is 0 Å². The summed E-state index contributed by atoms with van der Waals surface area (Å²) in [5, 5.41) is 9.94. The number of benzene rings is 2. The molecule has 0 spiro atoms. The molecule has 1 amide bonds. The average molecular weight is 417 g/mol. The largest absolute Gasteiger partial charge is 0.455 e. The molecular formula is C21H18Cl2N2O3. The number of hydrogen-bond donors (Lipinski definition) is 0. The minimum Gasteiger partial charge on any atom is -0.455 e. The molecule has 0 radical (unpaired) electrons. The number of ether oxygens (including phenoxy) is 1. The van der Waals surface area contributed by atoms with Crippen molar-refractivity contribution < 1.29 is 14.3 Å². The first-order valence-corrected chi connectivity index (χ1v) is 9.58. The van der Waals surface area contributed by atoms with Gasteiger partial charge >= 0.3 is 5.97 Å². The van der Waals surface area contributed by atoms with E-state index in [0.717, 1.165) is 5.56 Å². The number of halogens is 2. The zero-order chi connectivity index (χ0) is 20.1. The minimum atomic E-state index is -0.696. The number of nitriles is 1. The van der Waals surface area contributed by atoms with Crippen LogP contribution >= 0.6 is 23.2 Å². The van der Waals surface area contributed by atoms with Crippen molar-refractivity contribution in [1.82, 2.24) is 0 Å². The van der Waals surface area contributed by atoms with E-state index in [-0.39, 0.29) is 13.0 Å². The van der Waals surface area contributed by atoms with Gasteiger partial charge in [-0.25, -0.2) is 0 Å². The van der Waals surface area contributed by atoms with Gasteiger partial charge in [0, 0.05) is 22.3 Å². The molecule has 144 valence electrons. The lowest BCUT2D eigenvalue weighted by Crippen LogP contribution is -2.36. The Morgan fingerprint density at radius 2 is 1.82 bits per heavy atom. The van der Waals surface area contributed by atoms with Crippen LogP contribution in [0.5, 0.6) is 0 Å². The molecule has 0 N–H and O–H groups in total. The van der Waals surface area contributed by atoms with Crippen molar-refractivity contribution in [2.45, 2.75) is 24.7 Å². The lowest BCUT2D eigenvalue weighted by Gasteiger charge is -2.22. The van der Waals surface area contributed by atoms with Crippen molar-refractivity contribution in [3.8, 4) is 6.07 Å². The Morgan fingerprint density at radius 1 is 1.11 bits per heavy atom. The summed E-state index contributed by atoms with van der Waals surface area (Å²) in [6.07, 6.45) is 1.50. The molecule has 3 rings (SSSR count). The maximum Gasteiger partial charge on any atom is 0.317 e. The van der Waals surface area contributed by atoms with Crippen LogP contribution in [-0.2, 0) is 19.7 Å². The fraction of sp³-hybridized carbons (Fsp3) is 0.286. The summed E-state index contributed by atoms with van der Waals surface area (Å²) >= 11 is 11.9. The highest BCUT2D eigenvalue weighted by molar-refractivity contribution is 6.31. The predicted octanol–water partition coefficient (Wildman–Crippen LogP) is 4.52. The number of hydrogen-bond acceptors (Lipinski definition) is 4. The monoisotopic (exact) mass is 416 g/mol. The molecule has 2 aromatic carbocycles. The van der Waals surface area contributed by atoms with Crippen LogP contribution in [0.4, 0.5) is 5.69 Å². The molecule has 0 atom stereocenters. The average Bonchev–Trinajstić information content (AvgIpc) is 3.49. The number of esters is 1. The lowest BCUT2D eigenvalue weighted by atomic mass is 9.96. The van der Waals surface area contributed by atoms with Crippen molar-refractivity contribution >= 4 is 40.8 Å². The predicted molar refractivity (Wildman–Crippen MR) is 107 cm³/mol. The number of amides is 1. The third-order valence-corrected chi connectivity index (χ3v) is 5.22. The van der Waals surface area contributed by atoms with Gasteiger partial charge in [-0.05, 0) is 48.7 Å². The van der Waals surface area contributed by atoms with E-state index >= 15 is 0 Å². The summed E-state index contributed by atoms with van der Waals surface area (Å²) in [5.74, 6) is -0.827. The molecular weight excluding hydrogens is 399 g/mol. The second-order valence-corrected chi connectivity index (χ2v) is 7.47. The first-order chi connectivity index (χ1) is 13.5. The molecule has 7 heteroatoms. The topological polar surface area (TPSA) is 70.4 Å². The Bertz CT molecular complexity index is 918. The quantitative estimate of drug-likeness (QED) is 0.622. The van der Waals surface area contributed by atoms with Gasteiger partial charge in [-0.3, -0.25) is 9.59 Å². The Morgan fingerprint density at radius 3 is 2.43 bits per heavy atom. The third-order valence-electron chi connectivity index (χ3n) is 4.73. The van der Waals surface area contributed by atoms with Crippen molar-refractivity contribution in [2.24, 2.45) is 0 Å². The molecule has 1 aliphatic rings. The molecule has 1 aliphatic carbocycles. The van der Waals surface area contributed by atoms with Crippen LogP contribution < -0.4 is 4.90 Å². The Hall–Kier alpha value is -2.55. The molecule has 0 heterocycles. The van der Waals surface area contributed by atoms with Gasteiger partial charge in [-0.1, -0.05) is 41.4 Å². The molecule has 2 aromatic rings. The van der Waals surface area contributed by atoms with Gasteiger partial charge in [0.05, 0.1) is 17.9 Å².